The summed E-state index contributed by atoms with van der Waals surface area (Å²) in [5.41, 5.74) is 3.54. The lowest BCUT2D eigenvalue weighted by Crippen LogP contribution is -2.30. The summed E-state index contributed by atoms with van der Waals surface area (Å²) in [4.78, 5) is 24.5. The largest absolute Gasteiger partial charge is 0.278 e. The Hall–Kier alpha value is -3.57. The van der Waals surface area contributed by atoms with Gasteiger partial charge in [0.15, 0.2) is 5.13 Å². The maximum Gasteiger partial charge on any atom is 0.260 e. The molecular formula is C25H19N3OS. The first-order valence-electron chi connectivity index (χ1n) is 9.75. The summed E-state index contributed by atoms with van der Waals surface area (Å²) < 4.78 is 1.07. The molecule has 5 rings (SSSR count). The highest BCUT2D eigenvalue weighted by Crippen LogP contribution is 2.31. The molecule has 30 heavy (non-hydrogen) atoms. The van der Waals surface area contributed by atoms with Crippen LogP contribution in [-0.2, 0) is 6.54 Å². The molecule has 0 radical (unpaired) electrons. The van der Waals surface area contributed by atoms with E-state index in [0.717, 1.165) is 26.7 Å². The molecule has 0 unspecified atom stereocenters. The van der Waals surface area contributed by atoms with Gasteiger partial charge in [0.05, 0.1) is 22.5 Å². The van der Waals surface area contributed by atoms with E-state index in [4.69, 9.17) is 4.98 Å². The Morgan fingerprint density at radius 2 is 1.77 bits per heavy atom. The molecule has 1 amide bonds. The summed E-state index contributed by atoms with van der Waals surface area (Å²) in [6, 6.07) is 25.8. The molecule has 0 aliphatic heterocycles. The zero-order valence-electron chi connectivity index (χ0n) is 16.4. The topological polar surface area (TPSA) is 46.1 Å². The smallest absolute Gasteiger partial charge is 0.260 e. The number of pyridine rings is 1. The number of benzene rings is 3. The van der Waals surface area contributed by atoms with Crippen LogP contribution in [0.1, 0.15) is 21.6 Å². The Morgan fingerprint density at radius 3 is 2.60 bits per heavy atom. The third kappa shape index (κ3) is 3.55. The van der Waals surface area contributed by atoms with Crippen LogP contribution in [0.5, 0.6) is 0 Å². The number of aromatic nitrogens is 2. The van der Waals surface area contributed by atoms with Crippen molar-refractivity contribution in [2.24, 2.45) is 0 Å². The summed E-state index contributed by atoms with van der Waals surface area (Å²) in [7, 11) is 0. The molecule has 4 nitrogen and oxygen atoms in total. The van der Waals surface area contributed by atoms with Gasteiger partial charge in [-0.3, -0.25) is 14.7 Å². The number of fused-ring (bicyclic) bond motifs is 2. The van der Waals surface area contributed by atoms with Gasteiger partial charge in [0, 0.05) is 11.8 Å². The summed E-state index contributed by atoms with van der Waals surface area (Å²) in [6.07, 6.45) is 1.75. The van der Waals surface area contributed by atoms with Crippen LogP contribution in [0.3, 0.4) is 0 Å². The molecule has 0 aliphatic rings. The van der Waals surface area contributed by atoms with E-state index in [-0.39, 0.29) is 5.91 Å². The first-order chi connectivity index (χ1) is 14.7. The van der Waals surface area contributed by atoms with Crippen LogP contribution in [0.2, 0.25) is 0 Å². The van der Waals surface area contributed by atoms with Crippen molar-refractivity contribution >= 4 is 43.4 Å². The molecule has 0 aliphatic carbocycles. The number of carbonyl (C=O) groups is 1. The molecule has 5 heteroatoms. The lowest BCUT2D eigenvalue weighted by molar-refractivity contribution is 0.0985. The van der Waals surface area contributed by atoms with E-state index < -0.39 is 0 Å². The Bertz CT molecular complexity index is 1360. The molecule has 0 saturated carbocycles. The molecule has 0 N–H and O–H groups in total. The second kappa shape index (κ2) is 7.69. The van der Waals surface area contributed by atoms with Crippen LogP contribution in [0.25, 0.3) is 21.0 Å². The van der Waals surface area contributed by atoms with Gasteiger partial charge >= 0.3 is 0 Å². The highest BCUT2D eigenvalue weighted by Gasteiger charge is 2.22. The number of carbonyl (C=O) groups excluding carboxylic acids is 1. The molecule has 3 aromatic carbocycles. The Balaban J connectivity index is 1.59. The predicted molar refractivity (Wildman–Crippen MR) is 123 cm³/mol. The first kappa shape index (κ1) is 18.5. The van der Waals surface area contributed by atoms with Gasteiger partial charge in [-0.15, -0.1) is 0 Å². The molecule has 0 spiro atoms. The Labute approximate surface area is 178 Å². The number of hydrogen-bond acceptors (Lipinski definition) is 4. The standard InChI is InChI=1S/C25H19N3OS/c1-17-9-12-22-23(14-17)30-25(27-22)28(16-21-8-4-5-13-26-21)24(29)20-11-10-18-6-2-3-7-19(18)15-20/h2-15H,16H2,1H3. The average Bonchev–Trinajstić information content (AvgIpc) is 3.20. The Morgan fingerprint density at radius 1 is 0.933 bits per heavy atom. The number of nitrogens with zero attached hydrogens (tertiary/aromatic N) is 3. The Kier molecular flexibility index (Phi) is 4.73. The second-order valence-electron chi connectivity index (χ2n) is 7.24. The van der Waals surface area contributed by atoms with Crippen molar-refractivity contribution in [3.8, 4) is 0 Å². The monoisotopic (exact) mass is 409 g/mol. The number of anilines is 1. The molecule has 0 bridgehead atoms. The molecular weight excluding hydrogens is 390 g/mol. The zero-order chi connectivity index (χ0) is 20.5. The maximum absolute atomic E-state index is 13.6. The zero-order valence-corrected chi connectivity index (χ0v) is 17.3. The van der Waals surface area contributed by atoms with Crippen molar-refractivity contribution in [2.75, 3.05) is 4.90 Å². The quantitative estimate of drug-likeness (QED) is 0.366. The van der Waals surface area contributed by atoms with Gasteiger partial charge in [-0.25, -0.2) is 4.98 Å². The summed E-state index contributed by atoms with van der Waals surface area (Å²) in [5, 5.41) is 2.83. The number of thiazole rings is 1. The number of rotatable bonds is 4. The lowest BCUT2D eigenvalue weighted by atomic mass is 10.1. The minimum absolute atomic E-state index is 0.0813. The number of amides is 1. The van der Waals surface area contributed by atoms with Crippen LogP contribution in [-0.4, -0.2) is 15.9 Å². The van der Waals surface area contributed by atoms with Gasteiger partial charge < -0.3 is 0 Å². The van der Waals surface area contributed by atoms with E-state index in [1.165, 1.54) is 16.9 Å². The SMILES string of the molecule is Cc1ccc2nc(N(Cc3ccccn3)C(=O)c3ccc4ccccc4c3)sc2c1. The van der Waals surface area contributed by atoms with Crippen LogP contribution in [0.4, 0.5) is 5.13 Å². The number of hydrogen-bond donors (Lipinski definition) is 0. The van der Waals surface area contributed by atoms with E-state index in [2.05, 4.69) is 18.0 Å². The van der Waals surface area contributed by atoms with E-state index in [9.17, 15) is 4.79 Å². The molecule has 0 atom stereocenters. The van der Waals surface area contributed by atoms with Crippen molar-refractivity contribution in [3.63, 3.8) is 0 Å². The van der Waals surface area contributed by atoms with Crippen molar-refractivity contribution in [2.45, 2.75) is 13.5 Å². The second-order valence-corrected chi connectivity index (χ2v) is 8.25. The van der Waals surface area contributed by atoms with Crippen molar-refractivity contribution in [3.05, 3.63) is 102 Å². The van der Waals surface area contributed by atoms with E-state index >= 15 is 0 Å². The predicted octanol–water partition coefficient (Wildman–Crippen LogP) is 6.00. The summed E-state index contributed by atoms with van der Waals surface area (Å²) in [5.74, 6) is -0.0813. The van der Waals surface area contributed by atoms with Crippen molar-refractivity contribution in [1.29, 1.82) is 0 Å². The highest BCUT2D eigenvalue weighted by atomic mass is 32.1. The van der Waals surface area contributed by atoms with Gasteiger partial charge in [-0.1, -0.05) is 53.8 Å². The fourth-order valence-electron chi connectivity index (χ4n) is 3.49. The van der Waals surface area contributed by atoms with Gasteiger partial charge in [0.2, 0.25) is 0 Å². The van der Waals surface area contributed by atoms with Gasteiger partial charge in [-0.05, 0) is 59.7 Å². The minimum atomic E-state index is -0.0813. The fourth-order valence-corrected chi connectivity index (χ4v) is 4.55. The molecule has 0 saturated heterocycles. The third-order valence-corrected chi connectivity index (χ3v) is 6.09. The normalized spacial score (nSPS) is 11.1. The maximum atomic E-state index is 13.6. The van der Waals surface area contributed by atoms with E-state index in [0.29, 0.717) is 17.2 Å². The molecule has 146 valence electrons. The van der Waals surface area contributed by atoms with E-state index in [1.807, 2.05) is 72.8 Å². The van der Waals surface area contributed by atoms with Gasteiger partial charge in [0.25, 0.3) is 5.91 Å². The molecule has 2 aromatic heterocycles. The van der Waals surface area contributed by atoms with Gasteiger partial charge in [-0.2, -0.15) is 0 Å². The van der Waals surface area contributed by atoms with Crippen molar-refractivity contribution in [1.82, 2.24) is 9.97 Å². The lowest BCUT2D eigenvalue weighted by Gasteiger charge is -2.20. The molecule has 2 heterocycles. The highest BCUT2D eigenvalue weighted by molar-refractivity contribution is 7.22. The first-order valence-corrected chi connectivity index (χ1v) is 10.6. The fraction of sp³-hybridized carbons (Fsp3) is 0.0800. The van der Waals surface area contributed by atoms with Crippen LogP contribution >= 0.6 is 11.3 Å². The third-order valence-electron chi connectivity index (χ3n) is 5.05. The minimum Gasteiger partial charge on any atom is -0.278 e. The van der Waals surface area contributed by atoms with E-state index in [1.54, 1.807) is 11.1 Å². The number of aryl methyl sites for hydroxylation is 1. The molecule has 5 aromatic rings. The average molecular weight is 410 g/mol. The molecule has 0 fully saturated rings. The van der Waals surface area contributed by atoms with Crippen LogP contribution in [0, 0.1) is 6.92 Å². The van der Waals surface area contributed by atoms with Crippen molar-refractivity contribution < 1.29 is 4.79 Å². The van der Waals surface area contributed by atoms with Crippen LogP contribution in [0.15, 0.2) is 85.1 Å². The summed E-state index contributed by atoms with van der Waals surface area (Å²) >= 11 is 1.53. The van der Waals surface area contributed by atoms with Gasteiger partial charge in [0.1, 0.15) is 0 Å². The summed E-state index contributed by atoms with van der Waals surface area (Å²) in [6.45, 7) is 2.43. The van der Waals surface area contributed by atoms with Crippen LogP contribution < -0.4 is 4.90 Å².